The molecule has 1 fully saturated rings. The number of anilines is 2. The van der Waals surface area contributed by atoms with Gasteiger partial charge in [-0.3, -0.25) is 28.3 Å². The predicted molar refractivity (Wildman–Crippen MR) is 279 cm³/mol. The Balaban J connectivity index is 0.716. The molecule has 79 heavy (non-hydrogen) atoms. The van der Waals surface area contributed by atoms with Gasteiger partial charge >= 0.3 is 33.7 Å². The summed E-state index contributed by atoms with van der Waals surface area (Å²) in [4.78, 5) is 84.6. The number of rotatable bonds is 23. The molecule has 6 atom stereocenters. The number of phosphoric ester groups is 2. The number of carboxylic acids is 1. The molecule has 0 spiro atoms. The minimum atomic E-state index is -5.49. The molecule has 1 aliphatic carbocycles. The number of aromatic nitrogens is 7. The van der Waals surface area contributed by atoms with Gasteiger partial charge in [0.15, 0.2) is 17.7 Å². The van der Waals surface area contributed by atoms with Crippen molar-refractivity contribution in [1.29, 1.82) is 0 Å². The number of hydrogen-bond donors (Lipinski definition) is 8. The van der Waals surface area contributed by atoms with Gasteiger partial charge in [0.1, 0.15) is 62.2 Å². The number of amides is 2. The lowest BCUT2D eigenvalue weighted by Gasteiger charge is -2.19. The number of benzene rings is 3. The molecule has 2 aliphatic heterocycles. The number of carbonyl (C=O) groups excluding carboxylic acids is 3. The van der Waals surface area contributed by atoms with E-state index in [2.05, 4.69) is 44.7 Å². The molecule has 2 aromatic carbocycles. The molecule has 29 nitrogen and oxygen atoms in total. The Hall–Kier alpha value is -7.72. The Morgan fingerprint density at radius 3 is 2.46 bits per heavy atom. The van der Waals surface area contributed by atoms with Gasteiger partial charge in [-0.15, -0.1) is 5.10 Å². The third-order valence-corrected chi connectivity index (χ3v) is 15.0. The first-order valence-corrected chi connectivity index (χ1v) is 27.4. The van der Waals surface area contributed by atoms with E-state index in [4.69, 9.17) is 24.1 Å². The average Bonchev–Trinajstić information content (AvgIpc) is 4.26. The van der Waals surface area contributed by atoms with E-state index < -0.39 is 70.7 Å². The number of carboxylic acid groups (broad SMARTS) is 1. The Kier molecular flexibility index (Phi) is 17.8. The van der Waals surface area contributed by atoms with Crippen LogP contribution in [0.4, 0.5) is 16.3 Å². The minimum absolute atomic E-state index is 0.0433. The maximum Gasteiger partial charge on any atom is 0.538 e. The van der Waals surface area contributed by atoms with Crippen LogP contribution in [0.15, 0.2) is 77.9 Å². The van der Waals surface area contributed by atoms with Crippen molar-refractivity contribution in [2.75, 3.05) is 65.1 Å². The number of unbranched alkanes of at least 4 members (excludes halogenated alkanes) is 1. The lowest BCUT2D eigenvalue weighted by Crippen LogP contribution is -2.33. The molecule has 3 aromatic heterocycles. The molecule has 6 unspecified atom stereocenters. The van der Waals surface area contributed by atoms with Crippen molar-refractivity contribution in [1.82, 2.24) is 49.7 Å². The smallest absolute Gasteiger partial charge is 0.478 e. The number of nitrogens with zero attached hydrogens (tertiary/aromatic N) is 9. The molecule has 0 bridgehead atoms. The first-order valence-electron chi connectivity index (χ1n) is 24.4. The largest absolute Gasteiger partial charge is 0.538 e. The number of aliphatic hydroxyl groups excluding tert-OH is 2. The van der Waals surface area contributed by atoms with Crippen molar-refractivity contribution in [2.45, 2.75) is 63.2 Å². The third-order valence-electron chi connectivity index (χ3n) is 12.4. The second-order valence-corrected chi connectivity index (χ2v) is 21.4. The summed E-state index contributed by atoms with van der Waals surface area (Å²) < 4.78 is 60.2. The molecule has 0 radical (unpaired) electrons. The van der Waals surface area contributed by atoms with Gasteiger partial charge in [0.2, 0.25) is 5.36 Å². The zero-order valence-corrected chi connectivity index (χ0v) is 44.7. The molecule has 8 rings (SSSR count). The lowest BCUT2D eigenvalue weighted by molar-refractivity contribution is -0.135. The second kappa shape index (κ2) is 24.5. The van der Waals surface area contributed by atoms with Crippen LogP contribution < -0.4 is 31.2 Å². The van der Waals surface area contributed by atoms with Crippen LogP contribution in [0.1, 0.15) is 58.3 Å². The van der Waals surface area contributed by atoms with Gasteiger partial charge in [-0.25, -0.2) is 38.2 Å². The number of carbonyl (C=O) groups is 4. The van der Waals surface area contributed by atoms with E-state index in [-0.39, 0.29) is 60.6 Å². The number of imidazole rings is 1. The van der Waals surface area contributed by atoms with Gasteiger partial charge in [0, 0.05) is 79.7 Å². The number of aromatic carboxylic acids is 1. The molecule has 5 aromatic rings. The van der Waals surface area contributed by atoms with E-state index in [1.807, 2.05) is 74.1 Å². The number of nitrogens with one attached hydrogen (secondary N) is 2. The Labute approximate surface area is 448 Å². The number of aryl methyl sites for hydroxylation is 2. The van der Waals surface area contributed by atoms with Gasteiger partial charge in [-0.05, 0) is 61.6 Å². The van der Waals surface area contributed by atoms with E-state index in [1.54, 1.807) is 12.3 Å². The van der Waals surface area contributed by atoms with Crippen LogP contribution in [0.3, 0.4) is 0 Å². The zero-order chi connectivity index (χ0) is 56.8. The van der Waals surface area contributed by atoms with Crippen LogP contribution in [0.2, 0.25) is 0 Å². The molecule has 3 aliphatic rings. The molecule has 1 saturated heterocycles. The van der Waals surface area contributed by atoms with Crippen molar-refractivity contribution >= 4 is 73.2 Å². The number of hydrogen-bond acceptors (Lipinski definition) is 21. The molecule has 420 valence electrons. The van der Waals surface area contributed by atoms with Crippen molar-refractivity contribution in [3.63, 3.8) is 0 Å². The topological polar surface area (TPSA) is 393 Å². The summed E-state index contributed by atoms with van der Waals surface area (Å²) in [5.74, 6) is -2.43. The van der Waals surface area contributed by atoms with Crippen molar-refractivity contribution in [2.24, 2.45) is 0 Å². The summed E-state index contributed by atoms with van der Waals surface area (Å²) in [5.41, 5.74) is 9.86. The molecule has 31 heteroatoms. The van der Waals surface area contributed by atoms with Gasteiger partial charge in [-0.2, -0.15) is 4.31 Å². The van der Waals surface area contributed by atoms with Gasteiger partial charge in [0.05, 0.1) is 36.8 Å². The van der Waals surface area contributed by atoms with Crippen LogP contribution in [0.5, 0.6) is 0 Å². The zero-order valence-electron chi connectivity index (χ0n) is 42.9. The van der Waals surface area contributed by atoms with Crippen LogP contribution in [0, 0.1) is 0 Å². The van der Waals surface area contributed by atoms with Crippen molar-refractivity contribution in [3.05, 3.63) is 95.6 Å². The lowest BCUT2D eigenvalue weighted by atomic mass is 9.89. The summed E-state index contributed by atoms with van der Waals surface area (Å²) >= 11 is 0. The fourth-order valence-electron chi connectivity index (χ4n) is 8.49. The summed E-state index contributed by atoms with van der Waals surface area (Å²) in [6, 6.07) is 15.8. The summed E-state index contributed by atoms with van der Waals surface area (Å²) in [5, 5.41) is 46.5. The molecule has 0 saturated carbocycles. The average molecular weight is 1140 g/mol. The van der Waals surface area contributed by atoms with Crippen molar-refractivity contribution < 1.29 is 80.7 Å². The summed E-state index contributed by atoms with van der Waals surface area (Å²) in [6.45, 7) is -0.576. The molecular weight excluding hydrogens is 1080 g/mol. The second-order valence-electron chi connectivity index (χ2n) is 18.5. The number of aliphatic hydroxyl groups is 2. The van der Waals surface area contributed by atoms with Crippen LogP contribution in [-0.2, 0) is 49.7 Å². The molecule has 5 heterocycles. The first kappa shape index (κ1) is 57.5. The summed E-state index contributed by atoms with van der Waals surface area (Å²) in [7, 11) is -3.27. The van der Waals surface area contributed by atoms with Crippen LogP contribution in [0.25, 0.3) is 44.6 Å². The Morgan fingerprint density at radius 1 is 0.911 bits per heavy atom. The SMILES string of the molecule is CN(C)c1ccc2c(-c3ccc(C(=O)NCCOC(=O)NCCCn4cc(CCCCC(=O)OP(=O)(O)OP(=O)(O)OCC5OC(n6cnc7c(N)ncnc76)C(O)C5O)nn4)cc3C(=O)O)c3ccc(=[N+](C)C)cc-3oc2c1. The van der Waals surface area contributed by atoms with Gasteiger partial charge in [0.25, 0.3) is 5.91 Å². The number of fused-ring (bicyclic) bond motifs is 3. The molecule has 2 amide bonds. The van der Waals surface area contributed by atoms with E-state index in [1.165, 1.54) is 27.7 Å². The van der Waals surface area contributed by atoms with Crippen LogP contribution in [-0.4, -0.2) is 156 Å². The van der Waals surface area contributed by atoms with Gasteiger partial charge < -0.3 is 59.9 Å². The third kappa shape index (κ3) is 13.9. The Morgan fingerprint density at radius 2 is 1.70 bits per heavy atom. The highest BCUT2D eigenvalue weighted by Gasteiger charge is 2.46. The Bertz CT molecular complexity index is 3550. The highest BCUT2D eigenvalue weighted by atomic mass is 31.3. The normalized spacial score (nSPS) is 17.8. The van der Waals surface area contributed by atoms with E-state index in [0.29, 0.717) is 64.9 Å². The maximum absolute atomic E-state index is 13.2. The first-order chi connectivity index (χ1) is 37.6. The monoisotopic (exact) mass is 1140 g/mol. The quantitative estimate of drug-likeness (QED) is 0.0197. The fraction of sp³-hybridized carbons (Fsp3) is 0.375. The minimum Gasteiger partial charge on any atom is -0.478 e. The number of ether oxygens (including phenoxy) is 2. The fourth-order valence-corrected chi connectivity index (χ4v) is 10.5. The maximum atomic E-state index is 13.2. The molecule has 9 N–H and O–H groups in total. The number of phosphoric acid groups is 2. The standard InChI is InChI=1S/C48H56N12O17P2/c1-57(2)29-11-14-32-35(21-29)74-36-22-30(58(3)4)12-15-33(36)39(32)31-13-10-27(20-34(31)47(65)66)45(64)50-17-19-72-48(67)51-16-7-18-59-23-28(55-56-59)8-5-6-9-38(61)76-79(70,71)77-78(68,69)73-24-37-41(62)42(63)46(75-37)60-26-54-40-43(49)52-25-53-44(40)60/h10-15,20-23,25-26,37,41-42,46,62-63H,5-9,16-19,24H2,1-4H3,(H6-,49,50,51,52,53,64,65,66,67,68,69,70,71)/p+1. The number of nitrogen functional groups attached to an aromatic ring is 1. The van der Waals surface area contributed by atoms with E-state index >= 15 is 0 Å². The molecular formula is C48H57N12O17P2+. The summed E-state index contributed by atoms with van der Waals surface area (Å²) in [6.07, 6.45) is -1.80. The van der Waals surface area contributed by atoms with E-state index in [0.717, 1.165) is 17.4 Å². The number of alkyl carbamates (subject to hydrolysis) is 1. The highest BCUT2D eigenvalue weighted by molar-refractivity contribution is 7.61. The van der Waals surface area contributed by atoms with E-state index in [9.17, 15) is 53.4 Å². The van der Waals surface area contributed by atoms with Gasteiger partial charge in [-0.1, -0.05) is 11.3 Å². The predicted octanol–water partition coefficient (Wildman–Crippen LogP) is 2.67. The van der Waals surface area contributed by atoms with Crippen LogP contribution >= 0.6 is 15.6 Å². The van der Waals surface area contributed by atoms with Crippen molar-refractivity contribution in [3.8, 4) is 22.5 Å². The highest BCUT2D eigenvalue weighted by Crippen LogP contribution is 2.61. The number of nitrogens with two attached hydrogens (primary N) is 1.